The number of hydrogen-bond acceptors (Lipinski definition) is 3. The van der Waals surface area contributed by atoms with E-state index < -0.39 is 6.04 Å². The van der Waals surface area contributed by atoms with Crippen LogP contribution in [0.25, 0.3) is 0 Å². The van der Waals surface area contributed by atoms with Crippen LogP contribution in [0.4, 0.5) is 0 Å². The number of rotatable bonds is 6. The Bertz CT molecular complexity index is 446. The average molecular weight is 347 g/mol. The summed E-state index contributed by atoms with van der Waals surface area (Å²) in [6.45, 7) is 5.83. The zero-order valence-corrected chi connectivity index (χ0v) is 13.7. The zero-order valence-electron chi connectivity index (χ0n) is 11.3. The second-order valence-electron chi connectivity index (χ2n) is 4.67. The number of carbonyl (C=O) groups excluding carboxylic acids is 2. The summed E-state index contributed by atoms with van der Waals surface area (Å²) in [6.07, 6.45) is 0.799. The predicted octanol–water partition coefficient (Wildman–Crippen LogP) is 2.33. The molecular formula is C13H19BrN2O2S. The summed E-state index contributed by atoms with van der Waals surface area (Å²) < 4.78 is 1.09. The van der Waals surface area contributed by atoms with Crippen molar-refractivity contribution in [1.29, 1.82) is 0 Å². The molecule has 6 heteroatoms. The highest BCUT2D eigenvalue weighted by atomic mass is 79.9. The predicted molar refractivity (Wildman–Crippen MR) is 81.2 cm³/mol. The van der Waals surface area contributed by atoms with Crippen LogP contribution in [-0.2, 0) is 16.0 Å². The van der Waals surface area contributed by atoms with Gasteiger partial charge in [-0.1, -0.05) is 13.8 Å². The number of hydrogen-bond donors (Lipinski definition) is 2. The fraction of sp³-hybridized carbons (Fsp3) is 0.538. The van der Waals surface area contributed by atoms with Gasteiger partial charge < -0.3 is 10.6 Å². The number of nitrogens with one attached hydrogen (secondary N) is 2. The molecule has 1 aromatic rings. The van der Waals surface area contributed by atoms with E-state index in [1.807, 2.05) is 26.0 Å². The smallest absolute Gasteiger partial charge is 0.242 e. The third-order valence-electron chi connectivity index (χ3n) is 2.61. The van der Waals surface area contributed by atoms with Gasteiger partial charge in [0, 0.05) is 18.3 Å². The SMILES string of the molecule is CC(=O)N[C@H](C(=O)NCCc1ccc(Br)s1)C(C)C. The largest absolute Gasteiger partial charge is 0.354 e. The molecule has 0 fully saturated rings. The standard InChI is InChI=1S/C13H19BrN2O2S/c1-8(2)12(16-9(3)17)13(18)15-7-6-10-4-5-11(14)19-10/h4-5,8,12H,6-7H2,1-3H3,(H,15,18)(H,16,17)/t12-/m0/s1. The highest BCUT2D eigenvalue weighted by molar-refractivity contribution is 9.11. The van der Waals surface area contributed by atoms with Crippen LogP contribution in [0.1, 0.15) is 25.6 Å². The van der Waals surface area contributed by atoms with Crippen LogP contribution in [0.2, 0.25) is 0 Å². The number of carbonyl (C=O) groups is 2. The molecule has 1 atom stereocenters. The lowest BCUT2D eigenvalue weighted by atomic mass is 10.0. The highest BCUT2D eigenvalue weighted by Crippen LogP contribution is 2.22. The monoisotopic (exact) mass is 346 g/mol. The molecule has 0 bridgehead atoms. The van der Waals surface area contributed by atoms with Crippen LogP contribution in [0.15, 0.2) is 15.9 Å². The van der Waals surface area contributed by atoms with Crippen molar-refractivity contribution >= 4 is 39.1 Å². The molecule has 0 aliphatic rings. The van der Waals surface area contributed by atoms with Crippen LogP contribution in [0.3, 0.4) is 0 Å². The Morgan fingerprint density at radius 3 is 2.53 bits per heavy atom. The van der Waals surface area contributed by atoms with Gasteiger partial charge in [-0.05, 0) is 40.4 Å². The van der Waals surface area contributed by atoms with Gasteiger partial charge in [0.2, 0.25) is 11.8 Å². The first-order valence-electron chi connectivity index (χ1n) is 6.19. The molecule has 0 saturated heterocycles. The molecule has 1 rings (SSSR count). The molecule has 0 spiro atoms. The third kappa shape index (κ3) is 5.74. The van der Waals surface area contributed by atoms with Gasteiger partial charge in [-0.2, -0.15) is 0 Å². The lowest BCUT2D eigenvalue weighted by Crippen LogP contribution is -2.49. The van der Waals surface area contributed by atoms with Crippen LogP contribution < -0.4 is 10.6 Å². The Kier molecular flexibility index (Phi) is 6.51. The average Bonchev–Trinajstić information content (AvgIpc) is 2.71. The molecule has 0 aliphatic carbocycles. The second kappa shape index (κ2) is 7.65. The molecule has 0 saturated carbocycles. The Labute approximate surface area is 126 Å². The van der Waals surface area contributed by atoms with Crippen LogP contribution >= 0.6 is 27.3 Å². The van der Waals surface area contributed by atoms with E-state index in [9.17, 15) is 9.59 Å². The van der Waals surface area contributed by atoms with Crippen molar-refractivity contribution in [2.75, 3.05) is 6.54 Å². The molecule has 0 unspecified atom stereocenters. The Morgan fingerprint density at radius 2 is 2.05 bits per heavy atom. The van der Waals surface area contributed by atoms with Crippen molar-refractivity contribution < 1.29 is 9.59 Å². The molecule has 19 heavy (non-hydrogen) atoms. The normalized spacial score (nSPS) is 12.3. The maximum atomic E-state index is 12.0. The fourth-order valence-electron chi connectivity index (χ4n) is 1.66. The summed E-state index contributed by atoms with van der Waals surface area (Å²) in [4.78, 5) is 24.3. The van der Waals surface area contributed by atoms with Gasteiger partial charge in [0.25, 0.3) is 0 Å². The minimum Gasteiger partial charge on any atom is -0.354 e. The van der Waals surface area contributed by atoms with Gasteiger partial charge in [0.1, 0.15) is 6.04 Å². The summed E-state index contributed by atoms with van der Waals surface area (Å²) in [5, 5.41) is 5.54. The van der Waals surface area contributed by atoms with E-state index >= 15 is 0 Å². The molecule has 4 nitrogen and oxygen atoms in total. The van der Waals surface area contributed by atoms with Gasteiger partial charge in [-0.3, -0.25) is 9.59 Å². The van der Waals surface area contributed by atoms with Gasteiger partial charge >= 0.3 is 0 Å². The van der Waals surface area contributed by atoms with Crippen molar-refractivity contribution in [3.63, 3.8) is 0 Å². The van der Waals surface area contributed by atoms with E-state index in [0.717, 1.165) is 10.2 Å². The van der Waals surface area contributed by atoms with E-state index in [1.54, 1.807) is 11.3 Å². The van der Waals surface area contributed by atoms with Crippen molar-refractivity contribution in [1.82, 2.24) is 10.6 Å². The van der Waals surface area contributed by atoms with E-state index in [4.69, 9.17) is 0 Å². The first-order valence-corrected chi connectivity index (χ1v) is 7.80. The van der Waals surface area contributed by atoms with Crippen LogP contribution in [-0.4, -0.2) is 24.4 Å². The minimum absolute atomic E-state index is 0.0692. The molecule has 2 amide bonds. The van der Waals surface area contributed by atoms with E-state index in [0.29, 0.717) is 6.54 Å². The van der Waals surface area contributed by atoms with Crippen molar-refractivity contribution in [2.24, 2.45) is 5.92 Å². The van der Waals surface area contributed by atoms with Gasteiger partial charge in [0.05, 0.1) is 3.79 Å². The topological polar surface area (TPSA) is 58.2 Å². The summed E-state index contributed by atoms with van der Waals surface area (Å²) in [6, 6.07) is 3.57. The minimum atomic E-state index is -0.465. The molecule has 0 radical (unpaired) electrons. The quantitative estimate of drug-likeness (QED) is 0.830. The first-order chi connectivity index (χ1) is 8.90. The Balaban J connectivity index is 2.42. The third-order valence-corrected chi connectivity index (χ3v) is 4.29. The summed E-state index contributed by atoms with van der Waals surface area (Å²) in [5.41, 5.74) is 0. The van der Waals surface area contributed by atoms with Crippen molar-refractivity contribution in [3.05, 3.63) is 20.8 Å². The van der Waals surface area contributed by atoms with E-state index in [1.165, 1.54) is 11.8 Å². The lowest BCUT2D eigenvalue weighted by molar-refractivity contribution is -0.129. The van der Waals surface area contributed by atoms with E-state index in [2.05, 4.69) is 26.6 Å². The summed E-state index contributed by atoms with van der Waals surface area (Å²) >= 11 is 5.07. The molecule has 0 aliphatic heterocycles. The van der Waals surface area contributed by atoms with Crippen molar-refractivity contribution in [2.45, 2.75) is 33.2 Å². The fourth-order valence-corrected chi connectivity index (χ4v) is 3.14. The maximum absolute atomic E-state index is 12.0. The number of halogens is 1. The Hall–Kier alpha value is -0.880. The molecule has 1 heterocycles. The molecular weight excluding hydrogens is 328 g/mol. The molecule has 0 aromatic carbocycles. The maximum Gasteiger partial charge on any atom is 0.242 e. The molecule has 106 valence electrons. The van der Waals surface area contributed by atoms with E-state index in [-0.39, 0.29) is 17.7 Å². The second-order valence-corrected chi connectivity index (χ2v) is 7.22. The zero-order chi connectivity index (χ0) is 14.4. The molecule has 1 aromatic heterocycles. The van der Waals surface area contributed by atoms with Gasteiger partial charge in [-0.15, -0.1) is 11.3 Å². The number of thiophene rings is 1. The van der Waals surface area contributed by atoms with Gasteiger partial charge in [0.15, 0.2) is 0 Å². The van der Waals surface area contributed by atoms with Crippen LogP contribution in [0, 0.1) is 5.92 Å². The highest BCUT2D eigenvalue weighted by Gasteiger charge is 2.22. The van der Waals surface area contributed by atoms with Crippen LogP contribution in [0.5, 0.6) is 0 Å². The molecule has 2 N–H and O–H groups in total. The summed E-state index contributed by atoms with van der Waals surface area (Å²) in [7, 11) is 0. The van der Waals surface area contributed by atoms with Crippen molar-refractivity contribution in [3.8, 4) is 0 Å². The lowest BCUT2D eigenvalue weighted by Gasteiger charge is -2.20. The van der Waals surface area contributed by atoms with Gasteiger partial charge in [-0.25, -0.2) is 0 Å². The Morgan fingerprint density at radius 1 is 1.37 bits per heavy atom. The first kappa shape index (κ1) is 16.2. The number of amides is 2. The summed E-state index contributed by atoms with van der Waals surface area (Å²) in [5.74, 6) is -0.239.